The summed E-state index contributed by atoms with van der Waals surface area (Å²) in [6, 6.07) is 0. The minimum atomic E-state index is -1.71. The van der Waals surface area contributed by atoms with E-state index in [9.17, 15) is 30.0 Å². The molecule has 0 aromatic heterocycles. The van der Waals surface area contributed by atoms with Crippen LogP contribution in [0.3, 0.4) is 0 Å². The lowest BCUT2D eigenvalue weighted by Crippen LogP contribution is -2.72. The second-order valence-electron chi connectivity index (χ2n) is 10.4. The van der Waals surface area contributed by atoms with Gasteiger partial charge in [-0.1, -0.05) is 13.8 Å². The van der Waals surface area contributed by atoms with Crippen LogP contribution in [0.2, 0.25) is 0 Å². The highest BCUT2D eigenvalue weighted by Crippen LogP contribution is 2.71. The molecule has 10 atom stereocenters. The Morgan fingerprint density at radius 3 is 2.39 bits per heavy atom. The van der Waals surface area contributed by atoms with Gasteiger partial charge in [-0.05, 0) is 31.1 Å². The molecule has 0 amide bonds. The molecule has 5 aliphatic rings. The molecule has 2 aliphatic heterocycles. The number of esters is 1. The van der Waals surface area contributed by atoms with Crippen LogP contribution in [-0.4, -0.2) is 69.0 Å². The third-order valence-corrected chi connectivity index (χ3v) is 8.93. The topological polar surface area (TPSA) is 134 Å². The first-order chi connectivity index (χ1) is 12.9. The number of hydrogen-bond acceptors (Lipinski definition) is 8. The number of rotatable bonds is 0. The van der Waals surface area contributed by atoms with Crippen molar-refractivity contribution in [3.63, 3.8) is 0 Å². The van der Waals surface area contributed by atoms with Gasteiger partial charge in [-0.15, -0.1) is 0 Å². The SMILES string of the molecule is CC1(C)[C@H](O)C[C@@H]2OC(=O)[C@@]34C[C@@H](C[C@@H](O)[C@H]3[C@]23CO[C@@H](O)[C@H]13)[C@](C)(O)C4=O. The maximum absolute atomic E-state index is 13.4. The Bertz CT molecular complexity index is 761. The number of Topliss-reactive ketones (excluding diaryl/α,β-unsaturated/α-hetero) is 1. The fraction of sp³-hybridized carbons (Fsp3) is 0.900. The Morgan fingerprint density at radius 2 is 1.71 bits per heavy atom. The van der Waals surface area contributed by atoms with E-state index in [-0.39, 0.29) is 25.9 Å². The molecule has 2 spiro atoms. The first-order valence-electron chi connectivity index (χ1n) is 10.1. The van der Waals surface area contributed by atoms with Crippen molar-refractivity contribution in [2.75, 3.05) is 6.61 Å². The van der Waals surface area contributed by atoms with Gasteiger partial charge < -0.3 is 29.9 Å². The van der Waals surface area contributed by atoms with Gasteiger partial charge in [0.15, 0.2) is 12.1 Å². The van der Waals surface area contributed by atoms with E-state index in [2.05, 4.69) is 0 Å². The lowest BCUT2D eigenvalue weighted by Gasteiger charge is -2.63. The van der Waals surface area contributed by atoms with Crippen LogP contribution in [-0.2, 0) is 19.1 Å². The van der Waals surface area contributed by atoms with Crippen molar-refractivity contribution in [3.8, 4) is 0 Å². The summed E-state index contributed by atoms with van der Waals surface area (Å²) in [6.45, 7) is 5.08. The molecule has 5 fully saturated rings. The zero-order valence-electron chi connectivity index (χ0n) is 16.3. The largest absolute Gasteiger partial charge is 0.461 e. The monoisotopic (exact) mass is 396 g/mol. The van der Waals surface area contributed by atoms with Crippen molar-refractivity contribution in [1.82, 2.24) is 0 Å². The molecule has 28 heavy (non-hydrogen) atoms. The van der Waals surface area contributed by atoms with E-state index in [1.54, 1.807) is 0 Å². The van der Waals surface area contributed by atoms with Crippen LogP contribution in [0.15, 0.2) is 0 Å². The van der Waals surface area contributed by atoms with Crippen LogP contribution in [0.25, 0.3) is 0 Å². The highest BCUT2D eigenvalue weighted by Gasteiger charge is 2.82. The Hall–Kier alpha value is -1.06. The average Bonchev–Trinajstić information content (AvgIpc) is 3.02. The van der Waals surface area contributed by atoms with Crippen LogP contribution in [0.1, 0.15) is 40.0 Å². The lowest BCUT2D eigenvalue weighted by molar-refractivity contribution is -0.267. The van der Waals surface area contributed by atoms with Crippen LogP contribution < -0.4 is 0 Å². The number of ketones is 1. The van der Waals surface area contributed by atoms with Crippen LogP contribution in [0, 0.1) is 34.0 Å². The Kier molecular flexibility index (Phi) is 3.49. The van der Waals surface area contributed by atoms with Gasteiger partial charge in [0.1, 0.15) is 17.1 Å². The van der Waals surface area contributed by atoms with E-state index in [0.717, 1.165) is 0 Å². The number of hydrogen-bond donors (Lipinski definition) is 4. The molecule has 0 radical (unpaired) electrons. The van der Waals surface area contributed by atoms with Crippen molar-refractivity contribution in [2.45, 2.75) is 70.2 Å². The van der Waals surface area contributed by atoms with Gasteiger partial charge in [-0.25, -0.2) is 0 Å². The van der Waals surface area contributed by atoms with Gasteiger partial charge in [-0.3, -0.25) is 9.59 Å². The average molecular weight is 396 g/mol. The fourth-order valence-electron chi connectivity index (χ4n) is 7.62. The molecule has 2 bridgehead atoms. The summed E-state index contributed by atoms with van der Waals surface area (Å²) in [4.78, 5) is 26.6. The summed E-state index contributed by atoms with van der Waals surface area (Å²) in [5, 5.41) is 43.4. The molecule has 8 heteroatoms. The van der Waals surface area contributed by atoms with Gasteiger partial charge in [0.05, 0.1) is 18.8 Å². The third kappa shape index (κ3) is 1.77. The van der Waals surface area contributed by atoms with Gasteiger partial charge in [0.25, 0.3) is 0 Å². The predicted octanol–water partition coefficient (Wildman–Crippen LogP) is -0.639. The Labute approximate surface area is 162 Å². The van der Waals surface area contributed by atoms with E-state index in [0.29, 0.717) is 0 Å². The van der Waals surface area contributed by atoms with Crippen molar-refractivity contribution in [2.24, 2.45) is 34.0 Å². The van der Waals surface area contributed by atoms with E-state index in [1.807, 2.05) is 13.8 Å². The van der Waals surface area contributed by atoms with Gasteiger partial charge in [-0.2, -0.15) is 0 Å². The second-order valence-corrected chi connectivity index (χ2v) is 10.4. The summed E-state index contributed by atoms with van der Waals surface area (Å²) in [5.41, 5.74) is -5.14. The Balaban J connectivity index is 1.75. The molecular weight excluding hydrogens is 368 g/mol. The number of ether oxygens (including phenoxy) is 2. The fourth-order valence-corrected chi connectivity index (χ4v) is 7.62. The van der Waals surface area contributed by atoms with E-state index >= 15 is 0 Å². The first kappa shape index (κ1) is 18.9. The zero-order valence-corrected chi connectivity index (χ0v) is 16.3. The van der Waals surface area contributed by atoms with Gasteiger partial charge in [0, 0.05) is 23.7 Å². The number of aliphatic hydroxyl groups is 4. The number of carbonyl (C=O) groups is 2. The van der Waals surface area contributed by atoms with Crippen LogP contribution in [0.5, 0.6) is 0 Å². The maximum atomic E-state index is 13.4. The maximum Gasteiger partial charge on any atom is 0.320 e. The third-order valence-electron chi connectivity index (χ3n) is 8.93. The molecule has 2 saturated heterocycles. The summed E-state index contributed by atoms with van der Waals surface area (Å²) in [6.07, 6.45) is -3.37. The van der Waals surface area contributed by atoms with E-state index in [4.69, 9.17) is 9.47 Å². The number of carbonyl (C=O) groups excluding carboxylic acids is 2. The van der Waals surface area contributed by atoms with E-state index in [1.165, 1.54) is 6.92 Å². The molecule has 156 valence electrons. The van der Waals surface area contributed by atoms with Crippen LogP contribution in [0.4, 0.5) is 0 Å². The Morgan fingerprint density at radius 1 is 1.04 bits per heavy atom. The van der Waals surface area contributed by atoms with Gasteiger partial charge >= 0.3 is 5.97 Å². The van der Waals surface area contributed by atoms with Crippen LogP contribution >= 0.6 is 0 Å². The predicted molar refractivity (Wildman–Crippen MR) is 92.5 cm³/mol. The van der Waals surface area contributed by atoms with Gasteiger partial charge in [0.2, 0.25) is 0 Å². The smallest absolute Gasteiger partial charge is 0.320 e. The van der Waals surface area contributed by atoms with Crippen molar-refractivity contribution in [3.05, 3.63) is 0 Å². The number of aliphatic hydroxyl groups excluding tert-OH is 3. The zero-order chi connectivity index (χ0) is 20.4. The molecule has 0 aromatic carbocycles. The summed E-state index contributed by atoms with van der Waals surface area (Å²) in [7, 11) is 0. The number of fused-ring (bicyclic) bond motifs is 1. The molecule has 4 N–H and O–H groups in total. The molecule has 0 aromatic rings. The van der Waals surface area contributed by atoms with Crippen molar-refractivity contribution < 1.29 is 39.5 Å². The molecule has 3 aliphatic carbocycles. The van der Waals surface area contributed by atoms with Crippen molar-refractivity contribution >= 4 is 11.8 Å². The normalized spacial score (nSPS) is 59.3. The summed E-state index contributed by atoms with van der Waals surface area (Å²) in [5.74, 6) is -3.33. The van der Waals surface area contributed by atoms with Crippen molar-refractivity contribution in [1.29, 1.82) is 0 Å². The molecule has 0 unspecified atom stereocenters. The molecular formula is C20H28O8. The minimum Gasteiger partial charge on any atom is -0.461 e. The molecule has 8 nitrogen and oxygen atoms in total. The molecule has 2 heterocycles. The summed E-state index contributed by atoms with van der Waals surface area (Å²) >= 11 is 0. The highest BCUT2D eigenvalue weighted by molar-refractivity contribution is 6.11. The minimum absolute atomic E-state index is 0.0243. The first-order valence-corrected chi connectivity index (χ1v) is 10.1. The molecule has 3 saturated carbocycles. The summed E-state index contributed by atoms with van der Waals surface area (Å²) < 4.78 is 11.4. The standard InChI is InChI=1S/C20H28O8/c1-17(2)10(22)5-11-20(7-27-14(23)13(17)20)12-9(21)4-8-6-19(12,16(25)28-11)15(24)18(8,3)26/h8-14,21-23,26H,4-7H2,1-3H3/t8-,9-,10-,11+,12-,13-,14-,18+,19+,20+/m1/s1. The lowest BCUT2D eigenvalue weighted by atomic mass is 9.43. The highest BCUT2D eigenvalue weighted by atomic mass is 16.6. The second kappa shape index (κ2) is 5.16. The quantitative estimate of drug-likeness (QED) is 0.314. The molecule has 5 rings (SSSR count). The van der Waals surface area contributed by atoms with E-state index < -0.39 is 76.0 Å².